The molecule has 1 aromatic heterocycles. The van der Waals surface area contributed by atoms with E-state index in [2.05, 4.69) is 15.4 Å². The van der Waals surface area contributed by atoms with E-state index in [1.165, 1.54) is 0 Å². The third-order valence-electron chi connectivity index (χ3n) is 3.07. The standard InChI is InChI=1S/C12H13N5O2/c1-19-8-4-2-7(3-5-8)9-6-10(18)14-12-15-11(13)16-17(9)12/h2-5,9H,6H2,1H3,(H3,13,14,15,16,18). The molecular formula is C12H13N5O2. The number of fused-ring (bicyclic) bond motifs is 1. The van der Waals surface area contributed by atoms with Gasteiger partial charge in [0.05, 0.1) is 19.6 Å². The van der Waals surface area contributed by atoms with Gasteiger partial charge < -0.3 is 10.5 Å². The van der Waals surface area contributed by atoms with E-state index in [0.29, 0.717) is 12.4 Å². The van der Waals surface area contributed by atoms with E-state index < -0.39 is 0 Å². The number of carbonyl (C=O) groups is 1. The van der Waals surface area contributed by atoms with Gasteiger partial charge in [0.1, 0.15) is 5.75 Å². The minimum absolute atomic E-state index is 0.0966. The summed E-state index contributed by atoms with van der Waals surface area (Å²) < 4.78 is 6.75. The van der Waals surface area contributed by atoms with E-state index in [0.717, 1.165) is 11.3 Å². The summed E-state index contributed by atoms with van der Waals surface area (Å²) in [7, 11) is 1.61. The molecule has 19 heavy (non-hydrogen) atoms. The SMILES string of the molecule is COc1ccc(C2CC(=O)Nc3nc(N)nn32)cc1. The number of benzene rings is 1. The molecule has 0 saturated carbocycles. The lowest BCUT2D eigenvalue weighted by molar-refractivity contribution is -0.117. The molecule has 7 heteroatoms. The van der Waals surface area contributed by atoms with Crippen molar-refractivity contribution in [3.8, 4) is 5.75 Å². The van der Waals surface area contributed by atoms with Gasteiger partial charge in [-0.2, -0.15) is 4.98 Å². The van der Waals surface area contributed by atoms with Crippen LogP contribution in [0.15, 0.2) is 24.3 Å². The van der Waals surface area contributed by atoms with Crippen LogP contribution in [0.5, 0.6) is 5.75 Å². The first kappa shape index (κ1) is 11.5. The van der Waals surface area contributed by atoms with Crippen molar-refractivity contribution >= 4 is 17.8 Å². The van der Waals surface area contributed by atoms with Gasteiger partial charge in [0.15, 0.2) is 0 Å². The number of ether oxygens (including phenoxy) is 1. The van der Waals surface area contributed by atoms with Crippen LogP contribution in [0.25, 0.3) is 0 Å². The van der Waals surface area contributed by atoms with Crippen LogP contribution in [0, 0.1) is 0 Å². The summed E-state index contributed by atoms with van der Waals surface area (Å²) in [5.41, 5.74) is 6.54. The van der Waals surface area contributed by atoms with Crippen LogP contribution in [-0.2, 0) is 4.79 Å². The van der Waals surface area contributed by atoms with E-state index in [1.54, 1.807) is 11.8 Å². The minimum atomic E-state index is -0.195. The number of rotatable bonds is 2. The Kier molecular flexibility index (Phi) is 2.59. The number of methoxy groups -OCH3 is 1. The van der Waals surface area contributed by atoms with Crippen LogP contribution >= 0.6 is 0 Å². The monoisotopic (exact) mass is 259 g/mol. The highest BCUT2D eigenvalue weighted by molar-refractivity contribution is 5.91. The molecule has 3 rings (SSSR count). The van der Waals surface area contributed by atoms with E-state index in [-0.39, 0.29) is 17.9 Å². The highest BCUT2D eigenvalue weighted by Crippen LogP contribution is 2.30. The molecule has 1 aliphatic rings. The van der Waals surface area contributed by atoms with Gasteiger partial charge >= 0.3 is 0 Å². The van der Waals surface area contributed by atoms with E-state index in [9.17, 15) is 4.79 Å². The zero-order valence-corrected chi connectivity index (χ0v) is 10.3. The molecule has 2 heterocycles. The number of carbonyl (C=O) groups excluding carboxylic acids is 1. The predicted octanol–water partition coefficient (Wildman–Crippen LogP) is 0.800. The van der Waals surface area contributed by atoms with Gasteiger partial charge in [0, 0.05) is 0 Å². The number of aromatic nitrogens is 3. The number of nitrogens with two attached hydrogens (primary N) is 1. The quantitative estimate of drug-likeness (QED) is 0.831. The van der Waals surface area contributed by atoms with Crippen molar-refractivity contribution in [1.29, 1.82) is 0 Å². The second-order valence-electron chi connectivity index (χ2n) is 4.28. The molecular weight excluding hydrogens is 246 g/mol. The maximum absolute atomic E-state index is 11.7. The van der Waals surface area contributed by atoms with E-state index in [1.807, 2.05) is 24.3 Å². The topological polar surface area (TPSA) is 95.1 Å². The Morgan fingerprint density at radius 1 is 1.42 bits per heavy atom. The Balaban J connectivity index is 2.01. The van der Waals surface area contributed by atoms with Gasteiger partial charge in [-0.25, -0.2) is 4.68 Å². The molecule has 0 saturated heterocycles. The molecule has 98 valence electrons. The Bertz CT molecular complexity index is 620. The van der Waals surface area contributed by atoms with Gasteiger partial charge in [0.25, 0.3) is 0 Å². The average Bonchev–Trinajstić information content (AvgIpc) is 2.78. The molecule has 7 nitrogen and oxygen atoms in total. The summed E-state index contributed by atoms with van der Waals surface area (Å²) in [5, 5.41) is 6.77. The van der Waals surface area contributed by atoms with Crippen molar-refractivity contribution in [3.63, 3.8) is 0 Å². The minimum Gasteiger partial charge on any atom is -0.497 e. The first-order chi connectivity index (χ1) is 9.17. The normalized spacial score (nSPS) is 17.7. The maximum Gasteiger partial charge on any atom is 0.241 e. The summed E-state index contributed by atoms with van der Waals surface area (Å²) in [5.74, 6) is 1.20. The Morgan fingerprint density at radius 2 is 2.16 bits per heavy atom. The fourth-order valence-electron chi connectivity index (χ4n) is 2.17. The number of nitrogens with zero attached hydrogens (tertiary/aromatic N) is 3. The fraction of sp³-hybridized carbons (Fsp3) is 0.250. The zero-order chi connectivity index (χ0) is 13.4. The molecule has 1 unspecified atom stereocenters. The third-order valence-corrected chi connectivity index (χ3v) is 3.07. The van der Waals surface area contributed by atoms with Crippen LogP contribution in [-0.4, -0.2) is 27.8 Å². The summed E-state index contributed by atoms with van der Waals surface area (Å²) in [6, 6.07) is 7.32. The second kappa shape index (κ2) is 4.27. The highest BCUT2D eigenvalue weighted by atomic mass is 16.5. The van der Waals surface area contributed by atoms with Gasteiger partial charge in [0.2, 0.25) is 17.8 Å². The van der Waals surface area contributed by atoms with Crippen LogP contribution in [0.4, 0.5) is 11.9 Å². The first-order valence-corrected chi connectivity index (χ1v) is 5.83. The average molecular weight is 259 g/mol. The van der Waals surface area contributed by atoms with Crippen molar-refractivity contribution < 1.29 is 9.53 Å². The Labute approximate surface area is 109 Å². The van der Waals surface area contributed by atoms with Crippen molar-refractivity contribution in [2.45, 2.75) is 12.5 Å². The highest BCUT2D eigenvalue weighted by Gasteiger charge is 2.28. The number of hydrogen-bond acceptors (Lipinski definition) is 5. The molecule has 1 aliphatic heterocycles. The lowest BCUT2D eigenvalue weighted by atomic mass is 10.0. The number of amides is 1. The van der Waals surface area contributed by atoms with Crippen LogP contribution in [0.2, 0.25) is 0 Å². The van der Waals surface area contributed by atoms with Gasteiger partial charge in [-0.1, -0.05) is 12.1 Å². The summed E-state index contributed by atoms with van der Waals surface area (Å²) >= 11 is 0. The zero-order valence-electron chi connectivity index (χ0n) is 10.3. The van der Waals surface area contributed by atoms with Gasteiger partial charge in [-0.05, 0) is 17.7 Å². The lowest BCUT2D eigenvalue weighted by Crippen LogP contribution is -2.29. The van der Waals surface area contributed by atoms with Crippen LogP contribution in [0.3, 0.4) is 0 Å². The predicted molar refractivity (Wildman–Crippen MR) is 68.8 cm³/mol. The molecule has 1 amide bonds. The summed E-state index contributed by atoms with van der Waals surface area (Å²) in [6.07, 6.45) is 0.308. The molecule has 1 aromatic carbocycles. The number of anilines is 2. The van der Waals surface area contributed by atoms with Crippen molar-refractivity contribution in [2.75, 3.05) is 18.2 Å². The fourth-order valence-corrected chi connectivity index (χ4v) is 2.17. The molecule has 2 aromatic rings. The Morgan fingerprint density at radius 3 is 2.84 bits per heavy atom. The summed E-state index contributed by atoms with van der Waals surface area (Å²) in [4.78, 5) is 15.7. The van der Waals surface area contributed by atoms with Gasteiger partial charge in [-0.3, -0.25) is 10.1 Å². The third kappa shape index (κ3) is 1.99. The summed E-state index contributed by atoms with van der Waals surface area (Å²) in [6.45, 7) is 0. The Hall–Kier alpha value is -2.57. The number of nitrogens with one attached hydrogen (secondary N) is 1. The molecule has 0 spiro atoms. The van der Waals surface area contributed by atoms with Crippen LogP contribution in [0.1, 0.15) is 18.0 Å². The second-order valence-corrected chi connectivity index (χ2v) is 4.28. The van der Waals surface area contributed by atoms with E-state index in [4.69, 9.17) is 10.5 Å². The molecule has 3 N–H and O–H groups in total. The molecule has 1 atom stereocenters. The van der Waals surface area contributed by atoms with Crippen molar-refractivity contribution in [2.24, 2.45) is 0 Å². The van der Waals surface area contributed by atoms with E-state index >= 15 is 0 Å². The van der Waals surface area contributed by atoms with Crippen molar-refractivity contribution in [1.82, 2.24) is 14.8 Å². The van der Waals surface area contributed by atoms with Crippen molar-refractivity contribution in [3.05, 3.63) is 29.8 Å². The first-order valence-electron chi connectivity index (χ1n) is 5.83. The largest absolute Gasteiger partial charge is 0.497 e. The van der Waals surface area contributed by atoms with Gasteiger partial charge in [-0.15, -0.1) is 5.10 Å². The maximum atomic E-state index is 11.7. The molecule has 0 bridgehead atoms. The molecule has 0 aliphatic carbocycles. The molecule has 0 fully saturated rings. The lowest BCUT2D eigenvalue weighted by Gasteiger charge is -2.23. The molecule has 0 radical (unpaired) electrons. The smallest absolute Gasteiger partial charge is 0.241 e. The van der Waals surface area contributed by atoms with Crippen LogP contribution < -0.4 is 15.8 Å². The number of hydrogen-bond donors (Lipinski definition) is 2. The number of nitrogen functional groups attached to an aromatic ring is 1.